The summed E-state index contributed by atoms with van der Waals surface area (Å²) in [5.41, 5.74) is 1.85. The van der Waals surface area contributed by atoms with E-state index < -0.39 is 12.2 Å². The Labute approximate surface area is 125 Å². The lowest BCUT2D eigenvalue weighted by molar-refractivity contribution is -0.129. The van der Waals surface area contributed by atoms with Crippen molar-refractivity contribution in [2.24, 2.45) is 0 Å². The molecule has 1 amide bonds. The number of hydrogen-bond acceptors (Lipinski definition) is 4. The monoisotopic (exact) mass is 292 g/mol. The fourth-order valence-corrected chi connectivity index (χ4v) is 2.17. The summed E-state index contributed by atoms with van der Waals surface area (Å²) < 4.78 is 5.58. The summed E-state index contributed by atoms with van der Waals surface area (Å²) in [6.45, 7) is 6.68. The molecule has 0 saturated carbocycles. The average Bonchev–Trinajstić information content (AvgIpc) is 2.42. The Morgan fingerprint density at radius 2 is 2.14 bits per heavy atom. The summed E-state index contributed by atoms with van der Waals surface area (Å²) in [7, 11) is 0. The minimum absolute atomic E-state index is 0.0534. The van der Waals surface area contributed by atoms with Gasteiger partial charge in [-0.15, -0.1) is 0 Å². The molecule has 1 aliphatic heterocycles. The third-order valence-corrected chi connectivity index (χ3v) is 3.33. The van der Waals surface area contributed by atoms with Gasteiger partial charge in [0.1, 0.15) is 6.10 Å². The first-order valence-electron chi connectivity index (χ1n) is 7.28. The van der Waals surface area contributed by atoms with Crippen LogP contribution >= 0.6 is 0 Å². The van der Waals surface area contributed by atoms with Gasteiger partial charge in [0.2, 0.25) is 0 Å². The van der Waals surface area contributed by atoms with Crippen LogP contribution in [-0.4, -0.2) is 41.9 Å². The molecule has 5 heteroatoms. The van der Waals surface area contributed by atoms with E-state index in [1.165, 1.54) is 0 Å². The molecule has 0 fully saturated rings. The number of benzene rings is 1. The summed E-state index contributed by atoms with van der Waals surface area (Å²) in [5.74, 6) is -0.148. The van der Waals surface area contributed by atoms with Crippen LogP contribution in [-0.2, 0) is 16.0 Å². The van der Waals surface area contributed by atoms with Gasteiger partial charge < -0.3 is 20.5 Å². The van der Waals surface area contributed by atoms with Crippen LogP contribution in [0, 0.1) is 0 Å². The molecule has 0 bridgehead atoms. The van der Waals surface area contributed by atoms with Crippen molar-refractivity contribution >= 4 is 11.6 Å². The molecule has 21 heavy (non-hydrogen) atoms. The molecule has 3 N–H and O–H groups in total. The van der Waals surface area contributed by atoms with Gasteiger partial charge in [-0.05, 0) is 32.4 Å². The number of para-hydroxylation sites is 1. The lowest BCUT2D eigenvalue weighted by Gasteiger charge is -2.27. The van der Waals surface area contributed by atoms with Gasteiger partial charge in [0.25, 0.3) is 5.91 Å². The van der Waals surface area contributed by atoms with Crippen LogP contribution in [0.5, 0.6) is 0 Å². The minimum Gasteiger partial charge on any atom is -0.389 e. The summed E-state index contributed by atoms with van der Waals surface area (Å²) in [4.78, 5) is 12.0. The number of rotatable bonds is 5. The molecule has 2 unspecified atom stereocenters. The maximum Gasteiger partial charge on any atom is 0.253 e. The van der Waals surface area contributed by atoms with Crippen LogP contribution in [0.3, 0.4) is 0 Å². The molecule has 2 atom stereocenters. The first-order valence-corrected chi connectivity index (χ1v) is 7.28. The second kappa shape index (κ2) is 6.56. The number of amides is 1. The van der Waals surface area contributed by atoms with Gasteiger partial charge in [-0.3, -0.25) is 4.79 Å². The van der Waals surface area contributed by atoms with Gasteiger partial charge in [0, 0.05) is 24.2 Å². The summed E-state index contributed by atoms with van der Waals surface area (Å²) in [6, 6.07) is 7.69. The van der Waals surface area contributed by atoms with Crippen molar-refractivity contribution < 1.29 is 14.6 Å². The molecule has 116 valence electrons. The van der Waals surface area contributed by atoms with E-state index in [4.69, 9.17) is 4.74 Å². The number of β-amino-alcohol motifs (C(OH)–C–C–N with tert-alkyl or cyclic N) is 1. The summed E-state index contributed by atoms with van der Waals surface area (Å²) in [6.07, 6.45) is -0.625. The first kappa shape index (κ1) is 15.9. The zero-order valence-electron chi connectivity index (χ0n) is 12.8. The Morgan fingerprint density at radius 3 is 2.86 bits per heavy atom. The van der Waals surface area contributed by atoms with Crippen molar-refractivity contribution in [1.29, 1.82) is 0 Å². The van der Waals surface area contributed by atoms with E-state index in [1.807, 2.05) is 45.0 Å². The smallest absolute Gasteiger partial charge is 0.253 e. The number of fused-ring (bicyclic) bond motifs is 1. The van der Waals surface area contributed by atoms with Gasteiger partial charge >= 0.3 is 0 Å². The van der Waals surface area contributed by atoms with Crippen molar-refractivity contribution in [2.75, 3.05) is 18.5 Å². The zero-order chi connectivity index (χ0) is 15.5. The van der Waals surface area contributed by atoms with Gasteiger partial charge in [-0.2, -0.15) is 0 Å². The standard InChI is InChI=1S/C16H24N2O3/c1-16(2,3)17-9-12(19)10-21-14-8-11-6-4-5-7-13(11)18-15(14)20/h4-7,12,14,17,19H,8-10H2,1-3H3,(H,18,20). The number of carbonyl (C=O) groups excluding carboxylic acids is 1. The SMILES string of the molecule is CC(C)(C)NCC(O)COC1Cc2ccccc2NC1=O. The normalized spacial score (nSPS) is 19.8. The minimum atomic E-state index is -0.630. The predicted molar refractivity (Wildman–Crippen MR) is 82.3 cm³/mol. The maximum absolute atomic E-state index is 12.0. The van der Waals surface area contributed by atoms with Crippen LogP contribution in [0.1, 0.15) is 26.3 Å². The van der Waals surface area contributed by atoms with Crippen molar-refractivity contribution in [1.82, 2.24) is 5.32 Å². The van der Waals surface area contributed by atoms with E-state index in [0.29, 0.717) is 13.0 Å². The highest BCUT2D eigenvalue weighted by Crippen LogP contribution is 2.23. The number of aliphatic hydroxyl groups is 1. The molecule has 1 aliphatic rings. The molecule has 1 aromatic carbocycles. The van der Waals surface area contributed by atoms with Crippen LogP contribution in [0.25, 0.3) is 0 Å². The van der Waals surface area contributed by atoms with Gasteiger partial charge in [0.15, 0.2) is 0 Å². The predicted octanol–water partition coefficient (Wildman–Crippen LogP) is 1.32. The number of aliphatic hydroxyl groups excluding tert-OH is 1. The van der Waals surface area contributed by atoms with Crippen LogP contribution in [0.15, 0.2) is 24.3 Å². The van der Waals surface area contributed by atoms with E-state index in [9.17, 15) is 9.90 Å². The number of hydrogen-bond donors (Lipinski definition) is 3. The Kier molecular flexibility index (Phi) is 4.98. The van der Waals surface area contributed by atoms with E-state index >= 15 is 0 Å². The Hall–Kier alpha value is -1.43. The molecule has 0 saturated heterocycles. The molecule has 2 rings (SSSR count). The van der Waals surface area contributed by atoms with E-state index in [-0.39, 0.29) is 18.1 Å². The lowest BCUT2D eigenvalue weighted by Crippen LogP contribution is -2.44. The van der Waals surface area contributed by atoms with Crippen LogP contribution < -0.4 is 10.6 Å². The number of carbonyl (C=O) groups is 1. The summed E-state index contributed by atoms with van der Waals surface area (Å²) >= 11 is 0. The first-order chi connectivity index (χ1) is 9.85. The lowest BCUT2D eigenvalue weighted by atomic mass is 10.0. The third-order valence-electron chi connectivity index (χ3n) is 3.33. The Bertz CT molecular complexity index is 497. The number of ether oxygens (including phenoxy) is 1. The fraction of sp³-hybridized carbons (Fsp3) is 0.562. The van der Waals surface area contributed by atoms with Crippen molar-refractivity contribution in [3.05, 3.63) is 29.8 Å². The molecule has 0 aliphatic carbocycles. The Morgan fingerprint density at radius 1 is 1.43 bits per heavy atom. The topological polar surface area (TPSA) is 70.6 Å². The van der Waals surface area contributed by atoms with Gasteiger partial charge in [0.05, 0.1) is 12.7 Å². The largest absolute Gasteiger partial charge is 0.389 e. The molecule has 0 aromatic heterocycles. The van der Waals surface area contributed by atoms with E-state index in [2.05, 4.69) is 10.6 Å². The summed E-state index contributed by atoms with van der Waals surface area (Å²) in [5, 5.41) is 15.9. The van der Waals surface area contributed by atoms with Crippen LogP contribution in [0.4, 0.5) is 5.69 Å². The molecule has 0 radical (unpaired) electrons. The second-order valence-electron chi connectivity index (χ2n) is 6.46. The van der Waals surface area contributed by atoms with Gasteiger partial charge in [-0.25, -0.2) is 0 Å². The van der Waals surface area contributed by atoms with Crippen molar-refractivity contribution in [3.8, 4) is 0 Å². The quantitative estimate of drug-likeness (QED) is 0.765. The molecular formula is C16H24N2O3. The number of nitrogens with one attached hydrogen (secondary N) is 2. The molecule has 0 spiro atoms. The zero-order valence-corrected chi connectivity index (χ0v) is 12.8. The molecule has 1 aromatic rings. The highest BCUT2D eigenvalue weighted by molar-refractivity contribution is 5.97. The molecular weight excluding hydrogens is 268 g/mol. The number of anilines is 1. The van der Waals surface area contributed by atoms with Crippen molar-refractivity contribution in [2.45, 2.75) is 44.9 Å². The molecule has 1 heterocycles. The average molecular weight is 292 g/mol. The highest BCUT2D eigenvalue weighted by atomic mass is 16.5. The fourth-order valence-electron chi connectivity index (χ4n) is 2.17. The van der Waals surface area contributed by atoms with Gasteiger partial charge in [-0.1, -0.05) is 18.2 Å². The van der Waals surface area contributed by atoms with E-state index in [1.54, 1.807) is 0 Å². The van der Waals surface area contributed by atoms with Crippen LogP contribution in [0.2, 0.25) is 0 Å². The highest BCUT2D eigenvalue weighted by Gasteiger charge is 2.27. The maximum atomic E-state index is 12.0. The second-order valence-corrected chi connectivity index (χ2v) is 6.46. The van der Waals surface area contributed by atoms with Crippen molar-refractivity contribution in [3.63, 3.8) is 0 Å². The third kappa shape index (κ3) is 4.81. The van der Waals surface area contributed by atoms with E-state index in [0.717, 1.165) is 11.3 Å². The molecule has 5 nitrogen and oxygen atoms in total. The Balaban J connectivity index is 1.83.